The zero-order valence-electron chi connectivity index (χ0n) is 19.1. The molecule has 4 heterocycles. The van der Waals surface area contributed by atoms with Gasteiger partial charge in [0.05, 0.1) is 18.6 Å². The minimum atomic E-state index is -1.06. The van der Waals surface area contributed by atoms with Gasteiger partial charge in [0.2, 0.25) is 0 Å². The minimum absolute atomic E-state index is 0.0223. The van der Waals surface area contributed by atoms with Crippen molar-refractivity contribution in [3.63, 3.8) is 0 Å². The molecule has 0 radical (unpaired) electrons. The molecule has 188 valence electrons. The predicted molar refractivity (Wildman–Crippen MR) is 126 cm³/mol. The number of carboxylic acid groups (broad SMARTS) is 1. The molecule has 1 fully saturated rings. The normalized spacial score (nSPS) is 14.6. The number of nitrogens with zero attached hydrogens (tertiary/aromatic N) is 7. The first-order valence-corrected chi connectivity index (χ1v) is 12.1. The fourth-order valence-corrected chi connectivity index (χ4v) is 5.51. The number of thiophene rings is 1. The third-order valence-electron chi connectivity index (χ3n) is 6.25. The van der Waals surface area contributed by atoms with Crippen LogP contribution in [0.3, 0.4) is 0 Å². The van der Waals surface area contributed by atoms with E-state index < -0.39 is 35.0 Å². The van der Waals surface area contributed by atoms with Crippen molar-refractivity contribution < 1.29 is 18.7 Å². The Morgan fingerprint density at radius 3 is 2.64 bits per heavy atom. The average molecular weight is 518 g/mol. The molecule has 3 aromatic heterocycles. The molecule has 11 nitrogen and oxygen atoms in total. The number of hydrogen-bond acceptors (Lipinski definition) is 7. The van der Waals surface area contributed by atoms with Gasteiger partial charge in [-0.05, 0) is 37.1 Å². The molecule has 1 aromatic carbocycles. The fraction of sp³-hybridized carbons (Fsp3) is 0.364. The van der Waals surface area contributed by atoms with Crippen molar-refractivity contribution >= 4 is 27.6 Å². The summed E-state index contributed by atoms with van der Waals surface area (Å²) in [6, 6.07) is 4.74. The molecule has 4 aromatic rings. The van der Waals surface area contributed by atoms with Crippen molar-refractivity contribution in [3.8, 4) is 10.4 Å². The number of fused-ring (bicyclic) bond motifs is 1. The second kappa shape index (κ2) is 9.26. The second-order valence-corrected chi connectivity index (χ2v) is 9.42. The summed E-state index contributed by atoms with van der Waals surface area (Å²) in [4.78, 5) is 41.4. The number of benzene rings is 1. The van der Waals surface area contributed by atoms with Crippen LogP contribution in [0.2, 0.25) is 0 Å². The van der Waals surface area contributed by atoms with Crippen LogP contribution in [0, 0.1) is 11.6 Å². The highest BCUT2D eigenvalue weighted by Crippen LogP contribution is 2.34. The van der Waals surface area contributed by atoms with Crippen molar-refractivity contribution in [3.05, 3.63) is 62.6 Å². The van der Waals surface area contributed by atoms with Crippen LogP contribution in [0.1, 0.15) is 31.6 Å². The number of halogens is 2. The number of aryl methyl sites for hydroxylation is 1. The summed E-state index contributed by atoms with van der Waals surface area (Å²) in [5, 5.41) is 21.4. The Morgan fingerprint density at radius 2 is 1.97 bits per heavy atom. The molecule has 1 aliphatic heterocycles. The molecular weight excluding hydrogens is 496 g/mol. The zero-order chi connectivity index (χ0) is 25.6. The van der Waals surface area contributed by atoms with E-state index in [0.717, 1.165) is 22.0 Å². The van der Waals surface area contributed by atoms with Gasteiger partial charge >= 0.3 is 11.8 Å². The molecule has 5 rings (SSSR count). The van der Waals surface area contributed by atoms with Gasteiger partial charge in [0.25, 0.3) is 5.56 Å². The standard InChI is InChI=1S/C22H21F2N7O4S/c1-2-30-26-17(25-27-30)11-29-15-10-16(13-4-3-5-14(23)18(13)24)36-19(15)20(32)31(21(29)33)12-6-8-28(9-7-12)22(34)35/h3-5,10,12H,2,6-9,11H2,1H3,(H,34,35). The first-order valence-electron chi connectivity index (χ1n) is 11.3. The lowest BCUT2D eigenvalue weighted by Crippen LogP contribution is -2.46. The largest absolute Gasteiger partial charge is 0.465 e. The summed E-state index contributed by atoms with van der Waals surface area (Å²) in [7, 11) is 0. The van der Waals surface area contributed by atoms with Gasteiger partial charge in [-0.2, -0.15) is 4.80 Å². The number of amides is 1. The lowest BCUT2D eigenvalue weighted by atomic mass is 10.1. The van der Waals surface area contributed by atoms with E-state index in [4.69, 9.17) is 0 Å². The maximum atomic E-state index is 14.6. The molecular formula is C22H21F2N7O4S. The van der Waals surface area contributed by atoms with Gasteiger partial charge in [-0.1, -0.05) is 12.1 Å². The smallest absolute Gasteiger partial charge is 0.407 e. The number of likely N-dealkylation sites (tertiary alicyclic amines) is 1. The molecule has 1 aliphatic rings. The van der Waals surface area contributed by atoms with Crippen LogP contribution in [-0.4, -0.2) is 58.5 Å². The molecule has 0 spiro atoms. The summed E-state index contributed by atoms with van der Waals surface area (Å²) in [5.74, 6) is -1.83. The molecule has 0 saturated carbocycles. The van der Waals surface area contributed by atoms with E-state index in [1.807, 2.05) is 6.92 Å². The Morgan fingerprint density at radius 1 is 1.22 bits per heavy atom. The number of piperidine rings is 1. The summed E-state index contributed by atoms with van der Waals surface area (Å²) < 4.78 is 31.1. The van der Waals surface area contributed by atoms with E-state index in [2.05, 4.69) is 15.4 Å². The quantitative estimate of drug-likeness (QED) is 0.431. The van der Waals surface area contributed by atoms with Crippen molar-refractivity contribution in [1.82, 2.24) is 34.2 Å². The van der Waals surface area contributed by atoms with Gasteiger partial charge in [0.15, 0.2) is 17.5 Å². The Hall–Kier alpha value is -3.94. The highest BCUT2D eigenvalue weighted by Gasteiger charge is 2.28. The number of hydrogen-bond donors (Lipinski definition) is 1. The lowest BCUT2D eigenvalue weighted by Gasteiger charge is -2.30. The molecule has 1 saturated heterocycles. The van der Waals surface area contributed by atoms with Crippen LogP contribution in [-0.2, 0) is 13.1 Å². The topological polar surface area (TPSA) is 128 Å². The number of carbonyl (C=O) groups is 1. The Bertz CT molecular complexity index is 1580. The maximum absolute atomic E-state index is 14.6. The van der Waals surface area contributed by atoms with E-state index >= 15 is 0 Å². The van der Waals surface area contributed by atoms with Crippen LogP contribution < -0.4 is 11.2 Å². The third kappa shape index (κ3) is 4.06. The third-order valence-corrected chi connectivity index (χ3v) is 7.39. The van der Waals surface area contributed by atoms with E-state index in [9.17, 15) is 28.3 Å². The molecule has 1 amide bonds. The summed E-state index contributed by atoms with van der Waals surface area (Å²) >= 11 is 0.961. The SMILES string of the molecule is CCn1nnc(Cn2c(=O)n(C3CCN(C(=O)O)CC3)c(=O)c3sc(-c4cccc(F)c4F)cc32)n1. The first kappa shape index (κ1) is 23.8. The zero-order valence-corrected chi connectivity index (χ0v) is 19.9. The molecule has 0 bridgehead atoms. The molecule has 0 unspecified atom stereocenters. The van der Waals surface area contributed by atoms with E-state index in [-0.39, 0.29) is 59.0 Å². The molecule has 0 atom stereocenters. The van der Waals surface area contributed by atoms with Crippen molar-refractivity contribution in [2.45, 2.75) is 38.9 Å². The van der Waals surface area contributed by atoms with Crippen molar-refractivity contribution in [2.24, 2.45) is 0 Å². The van der Waals surface area contributed by atoms with Crippen LogP contribution in [0.5, 0.6) is 0 Å². The predicted octanol–water partition coefficient (Wildman–Crippen LogP) is 2.54. The molecule has 0 aliphatic carbocycles. The Kier molecular flexibility index (Phi) is 6.12. The molecule has 36 heavy (non-hydrogen) atoms. The first-order chi connectivity index (χ1) is 17.3. The highest BCUT2D eigenvalue weighted by atomic mass is 32.1. The van der Waals surface area contributed by atoms with E-state index in [0.29, 0.717) is 6.54 Å². The van der Waals surface area contributed by atoms with Crippen LogP contribution >= 0.6 is 11.3 Å². The van der Waals surface area contributed by atoms with Crippen molar-refractivity contribution in [2.75, 3.05) is 13.1 Å². The summed E-state index contributed by atoms with van der Waals surface area (Å²) in [6.45, 7) is 2.57. The molecule has 1 N–H and O–H groups in total. The summed E-state index contributed by atoms with van der Waals surface area (Å²) in [5.41, 5.74) is -0.942. The maximum Gasteiger partial charge on any atom is 0.407 e. The summed E-state index contributed by atoms with van der Waals surface area (Å²) in [6.07, 6.45) is -0.485. The van der Waals surface area contributed by atoms with Gasteiger partial charge in [-0.25, -0.2) is 18.4 Å². The minimum Gasteiger partial charge on any atom is -0.465 e. The highest BCUT2D eigenvalue weighted by molar-refractivity contribution is 7.22. The van der Waals surface area contributed by atoms with E-state index in [1.165, 1.54) is 32.5 Å². The van der Waals surface area contributed by atoms with Gasteiger partial charge in [0, 0.05) is 29.6 Å². The number of tetrazole rings is 1. The Labute approximate surface area is 205 Å². The fourth-order valence-electron chi connectivity index (χ4n) is 4.40. The van der Waals surface area contributed by atoms with E-state index in [1.54, 1.807) is 0 Å². The monoisotopic (exact) mass is 517 g/mol. The van der Waals surface area contributed by atoms with Crippen LogP contribution in [0.4, 0.5) is 13.6 Å². The van der Waals surface area contributed by atoms with Crippen molar-refractivity contribution in [1.29, 1.82) is 0 Å². The van der Waals surface area contributed by atoms with Gasteiger partial charge in [-0.15, -0.1) is 21.5 Å². The van der Waals surface area contributed by atoms with Gasteiger partial charge < -0.3 is 10.0 Å². The van der Waals surface area contributed by atoms with Crippen LogP contribution in [0.15, 0.2) is 33.9 Å². The van der Waals surface area contributed by atoms with Crippen LogP contribution in [0.25, 0.3) is 20.7 Å². The van der Waals surface area contributed by atoms with Gasteiger partial charge in [-0.3, -0.25) is 13.9 Å². The number of aromatic nitrogens is 6. The molecule has 14 heteroatoms. The Balaban J connectivity index is 1.68. The number of rotatable bonds is 5. The second-order valence-electron chi connectivity index (χ2n) is 8.37. The average Bonchev–Trinajstić information content (AvgIpc) is 3.51. The lowest BCUT2D eigenvalue weighted by molar-refractivity contribution is 0.124. The van der Waals surface area contributed by atoms with Gasteiger partial charge in [0.1, 0.15) is 4.70 Å².